The minimum absolute atomic E-state index is 1.07. The first-order valence-corrected chi connectivity index (χ1v) is 4.99. The van der Waals surface area contributed by atoms with E-state index >= 15 is 0 Å². The van der Waals surface area contributed by atoms with Crippen molar-refractivity contribution in [2.24, 2.45) is 5.92 Å². The number of unbranched alkanes of at least 4 members (excludes halogenated alkanes) is 1. The molecule has 0 heterocycles. The van der Waals surface area contributed by atoms with Crippen LogP contribution < -0.4 is 5.32 Å². The highest BCUT2D eigenvalue weighted by molar-refractivity contribution is 4.71. The molecule has 1 heteroatoms. The van der Waals surface area contributed by atoms with E-state index < -0.39 is 0 Å². The minimum atomic E-state index is 1.07. The highest BCUT2D eigenvalue weighted by Gasteiger charge is 2.19. The van der Waals surface area contributed by atoms with Gasteiger partial charge in [0.1, 0.15) is 0 Å². The Bertz CT molecular complexity index is 65.3. The molecule has 0 unspecified atom stereocenters. The Balaban J connectivity index is 0.000000218. The smallest absolute Gasteiger partial charge is 0.00804 e. The van der Waals surface area contributed by atoms with E-state index in [0.29, 0.717) is 0 Å². The molecule has 0 spiro atoms. The quantitative estimate of drug-likeness (QED) is 0.661. The van der Waals surface area contributed by atoms with Gasteiger partial charge in [-0.1, -0.05) is 46.0 Å². The van der Waals surface area contributed by atoms with Crippen LogP contribution in [0.1, 0.15) is 46.0 Å². The van der Waals surface area contributed by atoms with Crippen molar-refractivity contribution in [3.8, 4) is 0 Å². The Morgan fingerprint density at radius 3 is 2.09 bits per heavy atom. The summed E-state index contributed by atoms with van der Waals surface area (Å²) in [6.07, 6.45) is 7.41. The van der Waals surface area contributed by atoms with Crippen LogP contribution in [-0.2, 0) is 0 Å². The zero-order valence-corrected chi connectivity index (χ0v) is 8.32. The normalized spacial score (nSPS) is 15.5. The van der Waals surface area contributed by atoms with E-state index in [2.05, 4.69) is 19.2 Å². The fraction of sp³-hybridized carbons (Fsp3) is 1.00. The van der Waals surface area contributed by atoms with Crippen LogP contribution in [0.5, 0.6) is 0 Å². The van der Waals surface area contributed by atoms with Gasteiger partial charge in [0.15, 0.2) is 0 Å². The summed E-state index contributed by atoms with van der Waals surface area (Å²) in [5, 5.41) is 2.93. The van der Waals surface area contributed by atoms with Gasteiger partial charge in [-0.25, -0.2) is 0 Å². The molecule has 0 aliphatic heterocycles. The highest BCUT2D eigenvalue weighted by Crippen LogP contribution is 2.33. The molecule has 1 aliphatic rings. The topological polar surface area (TPSA) is 12.0 Å². The summed E-state index contributed by atoms with van der Waals surface area (Å²) < 4.78 is 0. The summed E-state index contributed by atoms with van der Waals surface area (Å²) in [4.78, 5) is 0. The molecular formula is C10H23N. The summed E-state index contributed by atoms with van der Waals surface area (Å²) >= 11 is 0. The standard InChI is InChI=1S/C7H14.C3H9N/c1-2-3-4-7-5-6-7;1-3-4-2/h7H,2-6H2,1H3;4H,3H2,1-2H3. The van der Waals surface area contributed by atoms with Gasteiger partial charge in [-0.2, -0.15) is 0 Å². The van der Waals surface area contributed by atoms with Gasteiger partial charge in [0.25, 0.3) is 0 Å². The predicted molar refractivity (Wildman–Crippen MR) is 51.8 cm³/mol. The number of hydrogen-bond donors (Lipinski definition) is 1. The molecule has 0 atom stereocenters. The molecule has 0 amide bonds. The van der Waals surface area contributed by atoms with Gasteiger partial charge in [-0.15, -0.1) is 0 Å². The van der Waals surface area contributed by atoms with Crippen molar-refractivity contribution in [2.45, 2.75) is 46.0 Å². The molecule has 0 aromatic carbocycles. The molecule has 1 N–H and O–H groups in total. The van der Waals surface area contributed by atoms with Gasteiger partial charge in [0.05, 0.1) is 0 Å². The van der Waals surface area contributed by atoms with Crippen molar-refractivity contribution in [1.82, 2.24) is 5.32 Å². The zero-order valence-electron chi connectivity index (χ0n) is 8.32. The van der Waals surface area contributed by atoms with Crippen molar-refractivity contribution in [2.75, 3.05) is 13.6 Å². The third-order valence-corrected chi connectivity index (χ3v) is 2.02. The first-order valence-electron chi connectivity index (χ1n) is 4.99. The van der Waals surface area contributed by atoms with Crippen LogP contribution in [0.3, 0.4) is 0 Å². The lowest BCUT2D eigenvalue weighted by molar-refractivity contribution is 0.654. The molecule has 68 valence electrons. The average Bonchev–Trinajstić information content (AvgIpc) is 2.85. The van der Waals surface area contributed by atoms with Crippen LogP contribution in [0, 0.1) is 5.92 Å². The zero-order chi connectivity index (χ0) is 8.53. The maximum Gasteiger partial charge on any atom is -0.00804 e. The van der Waals surface area contributed by atoms with Crippen LogP contribution in [0.15, 0.2) is 0 Å². The second-order valence-corrected chi connectivity index (χ2v) is 3.29. The van der Waals surface area contributed by atoms with Crippen LogP contribution in [0.2, 0.25) is 0 Å². The molecule has 0 radical (unpaired) electrons. The molecule has 1 nitrogen and oxygen atoms in total. The largest absolute Gasteiger partial charge is 0.320 e. The Hall–Kier alpha value is -0.0400. The van der Waals surface area contributed by atoms with E-state index in [9.17, 15) is 0 Å². The minimum Gasteiger partial charge on any atom is -0.320 e. The first-order chi connectivity index (χ1) is 5.35. The Labute approximate surface area is 71.6 Å². The monoisotopic (exact) mass is 157 g/mol. The third-order valence-electron chi connectivity index (χ3n) is 2.02. The number of rotatable bonds is 4. The summed E-state index contributed by atoms with van der Waals surface area (Å²) in [7, 11) is 1.93. The predicted octanol–water partition coefficient (Wildman–Crippen LogP) is 2.81. The maximum atomic E-state index is 2.93. The Morgan fingerprint density at radius 2 is 1.82 bits per heavy atom. The lowest BCUT2D eigenvalue weighted by Crippen LogP contribution is -2.01. The molecule has 1 aliphatic carbocycles. The maximum absolute atomic E-state index is 2.93. The molecular weight excluding hydrogens is 134 g/mol. The summed E-state index contributed by atoms with van der Waals surface area (Å²) in [6, 6.07) is 0. The van der Waals surface area contributed by atoms with Crippen molar-refractivity contribution in [1.29, 1.82) is 0 Å². The summed E-state index contributed by atoms with van der Waals surface area (Å²) in [5.74, 6) is 1.15. The van der Waals surface area contributed by atoms with Gasteiger partial charge in [-0.05, 0) is 19.5 Å². The summed E-state index contributed by atoms with van der Waals surface area (Å²) in [6.45, 7) is 5.41. The van der Waals surface area contributed by atoms with Crippen molar-refractivity contribution < 1.29 is 0 Å². The van der Waals surface area contributed by atoms with Crippen molar-refractivity contribution >= 4 is 0 Å². The van der Waals surface area contributed by atoms with Gasteiger partial charge in [-0.3, -0.25) is 0 Å². The highest BCUT2D eigenvalue weighted by atomic mass is 14.8. The molecule has 1 fully saturated rings. The molecule has 0 bridgehead atoms. The first kappa shape index (κ1) is 11.0. The van der Waals surface area contributed by atoms with E-state index in [1.165, 1.54) is 32.1 Å². The van der Waals surface area contributed by atoms with E-state index in [1.807, 2.05) is 7.05 Å². The van der Waals surface area contributed by atoms with E-state index in [0.717, 1.165) is 12.5 Å². The van der Waals surface area contributed by atoms with Crippen molar-refractivity contribution in [3.63, 3.8) is 0 Å². The molecule has 1 saturated carbocycles. The van der Waals surface area contributed by atoms with Gasteiger partial charge >= 0.3 is 0 Å². The summed E-state index contributed by atoms with van der Waals surface area (Å²) in [5.41, 5.74) is 0. The van der Waals surface area contributed by atoms with E-state index in [4.69, 9.17) is 0 Å². The lowest BCUT2D eigenvalue weighted by Gasteiger charge is -1.88. The third kappa shape index (κ3) is 9.96. The molecule has 0 aromatic heterocycles. The fourth-order valence-electron chi connectivity index (χ4n) is 0.899. The second kappa shape index (κ2) is 8.06. The number of hydrogen-bond acceptors (Lipinski definition) is 1. The van der Waals surface area contributed by atoms with E-state index in [-0.39, 0.29) is 0 Å². The van der Waals surface area contributed by atoms with Crippen LogP contribution in [0.4, 0.5) is 0 Å². The average molecular weight is 157 g/mol. The van der Waals surface area contributed by atoms with Crippen LogP contribution >= 0.6 is 0 Å². The van der Waals surface area contributed by atoms with E-state index in [1.54, 1.807) is 0 Å². The van der Waals surface area contributed by atoms with Crippen LogP contribution in [0.25, 0.3) is 0 Å². The van der Waals surface area contributed by atoms with Crippen molar-refractivity contribution in [3.05, 3.63) is 0 Å². The Kier molecular flexibility index (Phi) is 8.03. The molecule has 1 rings (SSSR count). The fourth-order valence-corrected chi connectivity index (χ4v) is 0.899. The Morgan fingerprint density at radius 1 is 1.27 bits per heavy atom. The SMILES string of the molecule is CCCCC1CC1.CCNC. The van der Waals surface area contributed by atoms with Crippen LogP contribution in [-0.4, -0.2) is 13.6 Å². The van der Waals surface area contributed by atoms with Gasteiger partial charge in [0.2, 0.25) is 0 Å². The molecule has 0 saturated heterocycles. The lowest BCUT2D eigenvalue weighted by atomic mass is 10.2. The number of nitrogens with one attached hydrogen (secondary N) is 1. The van der Waals surface area contributed by atoms with Gasteiger partial charge in [0, 0.05) is 0 Å². The second-order valence-electron chi connectivity index (χ2n) is 3.29. The molecule has 0 aromatic rings. The van der Waals surface area contributed by atoms with Gasteiger partial charge < -0.3 is 5.32 Å². The molecule has 11 heavy (non-hydrogen) atoms.